The van der Waals surface area contributed by atoms with Crippen LogP contribution in [0.15, 0.2) is 36.5 Å². The Labute approximate surface area is 110 Å². The van der Waals surface area contributed by atoms with Crippen LogP contribution in [0.4, 0.5) is 5.69 Å². The summed E-state index contributed by atoms with van der Waals surface area (Å²) in [6.45, 7) is 2.42. The molecule has 2 aromatic heterocycles. The summed E-state index contributed by atoms with van der Waals surface area (Å²) in [5.41, 5.74) is 8.96. The standard InChI is InChI=1S/C14H14N4O/c1-9-2-4-11(5-3-9)19-8-13-17-12-6-10(15)7-16-14(12)18-13/h2-7H,8,15H2,1H3,(H,16,17,18). The average Bonchev–Trinajstić information content (AvgIpc) is 2.80. The Balaban J connectivity index is 1.76. The molecule has 96 valence electrons. The van der Waals surface area contributed by atoms with Crippen LogP contribution < -0.4 is 10.5 Å². The highest BCUT2D eigenvalue weighted by Gasteiger charge is 2.04. The smallest absolute Gasteiger partial charge is 0.177 e. The molecule has 0 bridgehead atoms. The van der Waals surface area contributed by atoms with E-state index in [1.807, 2.05) is 37.3 Å². The summed E-state index contributed by atoms with van der Waals surface area (Å²) in [7, 11) is 0. The third-order valence-electron chi connectivity index (χ3n) is 2.80. The van der Waals surface area contributed by atoms with Gasteiger partial charge >= 0.3 is 0 Å². The number of aromatic amines is 1. The Morgan fingerprint density at radius 3 is 2.84 bits per heavy atom. The Bertz CT molecular complexity index is 703. The number of aryl methyl sites for hydroxylation is 1. The molecule has 3 rings (SSSR count). The Morgan fingerprint density at radius 1 is 1.26 bits per heavy atom. The fraction of sp³-hybridized carbons (Fsp3) is 0.143. The topological polar surface area (TPSA) is 76.8 Å². The quantitative estimate of drug-likeness (QED) is 0.752. The zero-order chi connectivity index (χ0) is 13.2. The lowest BCUT2D eigenvalue weighted by atomic mass is 10.2. The summed E-state index contributed by atoms with van der Waals surface area (Å²) in [5, 5.41) is 0. The van der Waals surface area contributed by atoms with E-state index in [9.17, 15) is 0 Å². The molecule has 1 aromatic carbocycles. The Kier molecular flexibility index (Phi) is 2.79. The second kappa shape index (κ2) is 4.61. The normalized spacial score (nSPS) is 10.8. The second-order valence-corrected chi connectivity index (χ2v) is 4.43. The third-order valence-corrected chi connectivity index (χ3v) is 2.80. The van der Waals surface area contributed by atoms with Gasteiger partial charge < -0.3 is 15.5 Å². The molecule has 0 radical (unpaired) electrons. The van der Waals surface area contributed by atoms with Gasteiger partial charge in [-0.1, -0.05) is 17.7 Å². The third kappa shape index (κ3) is 2.49. The molecule has 0 aliphatic heterocycles. The molecule has 0 unspecified atom stereocenters. The van der Waals surface area contributed by atoms with Crippen molar-refractivity contribution >= 4 is 16.9 Å². The summed E-state index contributed by atoms with van der Waals surface area (Å²) < 4.78 is 5.65. The van der Waals surface area contributed by atoms with Gasteiger partial charge in [-0.25, -0.2) is 9.97 Å². The van der Waals surface area contributed by atoms with Crippen molar-refractivity contribution in [1.29, 1.82) is 0 Å². The number of imidazole rings is 1. The van der Waals surface area contributed by atoms with Crippen LogP contribution in [0.25, 0.3) is 11.2 Å². The van der Waals surface area contributed by atoms with Crippen LogP contribution in [0, 0.1) is 6.92 Å². The second-order valence-electron chi connectivity index (χ2n) is 4.43. The zero-order valence-electron chi connectivity index (χ0n) is 10.6. The predicted octanol–water partition coefficient (Wildman–Crippen LogP) is 2.43. The highest BCUT2D eigenvalue weighted by atomic mass is 16.5. The number of fused-ring (bicyclic) bond motifs is 1. The van der Waals surface area contributed by atoms with E-state index in [2.05, 4.69) is 15.0 Å². The molecule has 5 nitrogen and oxygen atoms in total. The molecule has 0 saturated heterocycles. The first-order valence-electron chi connectivity index (χ1n) is 6.00. The number of nitrogen functional groups attached to an aromatic ring is 1. The van der Waals surface area contributed by atoms with Gasteiger partial charge in [0.1, 0.15) is 18.2 Å². The number of nitrogens with two attached hydrogens (primary N) is 1. The lowest BCUT2D eigenvalue weighted by Crippen LogP contribution is -1.97. The van der Waals surface area contributed by atoms with E-state index in [0.717, 1.165) is 17.1 Å². The van der Waals surface area contributed by atoms with Crippen molar-refractivity contribution in [3.8, 4) is 5.75 Å². The number of nitrogens with zero attached hydrogens (tertiary/aromatic N) is 2. The highest BCUT2D eigenvalue weighted by molar-refractivity contribution is 5.73. The summed E-state index contributed by atoms with van der Waals surface area (Å²) in [5.74, 6) is 1.55. The van der Waals surface area contributed by atoms with E-state index in [1.165, 1.54) is 5.56 Å². The van der Waals surface area contributed by atoms with Crippen LogP contribution in [0.3, 0.4) is 0 Å². The molecule has 0 atom stereocenters. The molecular formula is C14H14N4O. The van der Waals surface area contributed by atoms with E-state index in [-0.39, 0.29) is 0 Å². The monoisotopic (exact) mass is 254 g/mol. The van der Waals surface area contributed by atoms with Gasteiger partial charge in [0.2, 0.25) is 0 Å². The van der Waals surface area contributed by atoms with Crippen molar-refractivity contribution in [2.24, 2.45) is 0 Å². The van der Waals surface area contributed by atoms with Crippen molar-refractivity contribution in [3.63, 3.8) is 0 Å². The number of rotatable bonds is 3. The molecule has 19 heavy (non-hydrogen) atoms. The van der Waals surface area contributed by atoms with Crippen LogP contribution in [0.2, 0.25) is 0 Å². The van der Waals surface area contributed by atoms with Gasteiger partial charge in [-0.3, -0.25) is 0 Å². The molecule has 0 saturated carbocycles. The molecule has 0 aliphatic rings. The molecule has 0 fully saturated rings. The number of H-pyrrole nitrogens is 1. The number of ether oxygens (including phenoxy) is 1. The van der Waals surface area contributed by atoms with Gasteiger partial charge in [-0.2, -0.15) is 0 Å². The number of aromatic nitrogens is 3. The van der Waals surface area contributed by atoms with Crippen LogP contribution in [-0.2, 0) is 6.61 Å². The van der Waals surface area contributed by atoms with Gasteiger partial charge in [-0.05, 0) is 25.1 Å². The van der Waals surface area contributed by atoms with Crippen molar-refractivity contribution in [1.82, 2.24) is 15.0 Å². The van der Waals surface area contributed by atoms with Gasteiger partial charge in [-0.15, -0.1) is 0 Å². The summed E-state index contributed by atoms with van der Waals surface area (Å²) >= 11 is 0. The van der Waals surface area contributed by atoms with E-state index in [1.54, 1.807) is 6.20 Å². The molecule has 3 aromatic rings. The van der Waals surface area contributed by atoms with E-state index in [0.29, 0.717) is 17.9 Å². The maximum Gasteiger partial charge on any atom is 0.177 e. The van der Waals surface area contributed by atoms with Crippen LogP contribution in [-0.4, -0.2) is 15.0 Å². The number of pyridine rings is 1. The van der Waals surface area contributed by atoms with Gasteiger partial charge in [0, 0.05) is 0 Å². The largest absolute Gasteiger partial charge is 0.486 e. The summed E-state index contributed by atoms with van der Waals surface area (Å²) in [6, 6.07) is 9.71. The number of hydrogen-bond acceptors (Lipinski definition) is 4. The number of benzene rings is 1. The van der Waals surface area contributed by atoms with Gasteiger partial charge in [0.25, 0.3) is 0 Å². The number of nitrogens with one attached hydrogen (secondary N) is 1. The molecule has 0 amide bonds. The first kappa shape index (κ1) is 11.5. The minimum absolute atomic E-state index is 0.374. The van der Waals surface area contributed by atoms with E-state index < -0.39 is 0 Å². The number of anilines is 1. The molecule has 5 heteroatoms. The minimum Gasteiger partial charge on any atom is -0.486 e. The highest BCUT2D eigenvalue weighted by Crippen LogP contribution is 2.15. The van der Waals surface area contributed by atoms with Crippen molar-refractivity contribution in [2.45, 2.75) is 13.5 Å². The SMILES string of the molecule is Cc1ccc(OCc2nc3ncc(N)cc3[nH]2)cc1. The molecular weight excluding hydrogens is 240 g/mol. The predicted molar refractivity (Wildman–Crippen MR) is 73.8 cm³/mol. The molecule has 0 spiro atoms. The van der Waals surface area contributed by atoms with Crippen molar-refractivity contribution < 1.29 is 4.74 Å². The Hall–Kier alpha value is -2.56. The zero-order valence-corrected chi connectivity index (χ0v) is 10.6. The van der Waals surface area contributed by atoms with Gasteiger partial charge in [0.15, 0.2) is 5.65 Å². The fourth-order valence-electron chi connectivity index (χ4n) is 1.82. The summed E-state index contributed by atoms with van der Waals surface area (Å²) in [6.07, 6.45) is 1.59. The van der Waals surface area contributed by atoms with Crippen molar-refractivity contribution in [2.75, 3.05) is 5.73 Å². The van der Waals surface area contributed by atoms with Crippen molar-refractivity contribution in [3.05, 3.63) is 47.9 Å². The lowest BCUT2D eigenvalue weighted by Gasteiger charge is -2.03. The first-order chi connectivity index (χ1) is 9.20. The molecule has 3 N–H and O–H groups in total. The molecule has 2 heterocycles. The first-order valence-corrected chi connectivity index (χ1v) is 6.00. The van der Waals surface area contributed by atoms with E-state index in [4.69, 9.17) is 10.5 Å². The van der Waals surface area contributed by atoms with Crippen LogP contribution in [0.1, 0.15) is 11.4 Å². The van der Waals surface area contributed by atoms with Crippen LogP contribution >= 0.6 is 0 Å². The number of hydrogen-bond donors (Lipinski definition) is 2. The lowest BCUT2D eigenvalue weighted by molar-refractivity contribution is 0.297. The summed E-state index contributed by atoms with van der Waals surface area (Å²) in [4.78, 5) is 11.6. The maximum atomic E-state index is 5.67. The Morgan fingerprint density at radius 2 is 2.05 bits per heavy atom. The van der Waals surface area contributed by atoms with Crippen LogP contribution in [0.5, 0.6) is 5.75 Å². The average molecular weight is 254 g/mol. The fourth-order valence-corrected chi connectivity index (χ4v) is 1.82. The maximum absolute atomic E-state index is 5.67. The molecule has 0 aliphatic carbocycles. The van der Waals surface area contributed by atoms with Gasteiger partial charge in [0.05, 0.1) is 17.4 Å². The minimum atomic E-state index is 0.374. The van der Waals surface area contributed by atoms with E-state index >= 15 is 0 Å².